The highest BCUT2D eigenvalue weighted by molar-refractivity contribution is 5.82. The van der Waals surface area contributed by atoms with Crippen molar-refractivity contribution in [2.24, 2.45) is 5.73 Å². The standard InChI is InChI=1S/C19H20F3N3O4/c1-10(27)16(23)18-14(17(24-25-18)11-5-6-11)8-15(28-9-26)12-3-2-4-13(7-12)29-19(20,21)22/h2-4,7,9,11,15-16H,5-6,8,23H2,1H3,(H,24,25). The van der Waals surface area contributed by atoms with Crippen LogP contribution in [0.3, 0.4) is 0 Å². The van der Waals surface area contributed by atoms with Crippen molar-refractivity contribution in [2.75, 3.05) is 0 Å². The molecular formula is C19H20F3N3O4. The molecule has 0 bridgehead atoms. The second kappa shape index (κ2) is 8.24. The van der Waals surface area contributed by atoms with Crippen molar-refractivity contribution >= 4 is 12.3 Å². The van der Waals surface area contributed by atoms with E-state index in [2.05, 4.69) is 14.9 Å². The van der Waals surface area contributed by atoms with Crippen LogP contribution in [0, 0.1) is 0 Å². The van der Waals surface area contributed by atoms with Crippen LogP contribution in [-0.4, -0.2) is 28.8 Å². The van der Waals surface area contributed by atoms with E-state index in [1.165, 1.54) is 19.1 Å². The third kappa shape index (κ3) is 5.14. The summed E-state index contributed by atoms with van der Waals surface area (Å²) >= 11 is 0. The number of alkyl halides is 3. The van der Waals surface area contributed by atoms with Crippen LogP contribution in [0.25, 0.3) is 0 Å². The molecule has 1 aromatic heterocycles. The maximum atomic E-state index is 12.5. The number of carbonyl (C=O) groups is 2. The van der Waals surface area contributed by atoms with Crippen LogP contribution in [0.15, 0.2) is 24.3 Å². The molecule has 3 rings (SSSR count). The predicted octanol–water partition coefficient (Wildman–Crippen LogP) is 3.23. The molecule has 1 saturated carbocycles. The highest BCUT2D eigenvalue weighted by Gasteiger charge is 2.34. The summed E-state index contributed by atoms with van der Waals surface area (Å²) in [5.41, 5.74) is 8.07. The monoisotopic (exact) mass is 411 g/mol. The van der Waals surface area contributed by atoms with Gasteiger partial charge in [-0.15, -0.1) is 13.2 Å². The SMILES string of the molecule is CC(=O)C(N)c1n[nH]c(C2CC2)c1CC(OC=O)c1cccc(OC(F)(F)F)c1. The number of ketones is 1. The molecule has 1 aromatic carbocycles. The number of aromatic amines is 1. The van der Waals surface area contributed by atoms with Crippen molar-refractivity contribution in [3.05, 3.63) is 46.8 Å². The summed E-state index contributed by atoms with van der Waals surface area (Å²) in [6.07, 6.45) is -3.76. The minimum absolute atomic E-state index is 0.104. The first-order chi connectivity index (χ1) is 13.7. The minimum atomic E-state index is -4.84. The molecule has 3 N–H and O–H groups in total. The Bertz CT molecular complexity index is 893. The van der Waals surface area contributed by atoms with Gasteiger partial charge in [0.2, 0.25) is 0 Å². The maximum absolute atomic E-state index is 12.5. The Kier molecular flexibility index (Phi) is 5.92. The summed E-state index contributed by atoms with van der Waals surface area (Å²) in [5.74, 6) is -0.472. The number of nitrogens with zero attached hydrogens (tertiary/aromatic N) is 1. The zero-order valence-electron chi connectivity index (χ0n) is 15.5. The van der Waals surface area contributed by atoms with Gasteiger partial charge in [0.25, 0.3) is 6.47 Å². The highest BCUT2D eigenvalue weighted by atomic mass is 19.4. The predicted molar refractivity (Wildman–Crippen MR) is 94.9 cm³/mol. The van der Waals surface area contributed by atoms with Crippen molar-refractivity contribution < 1.29 is 32.2 Å². The number of rotatable bonds is 9. The lowest BCUT2D eigenvalue weighted by atomic mass is 9.95. The minimum Gasteiger partial charge on any atom is -0.459 e. The first-order valence-electron chi connectivity index (χ1n) is 8.97. The van der Waals surface area contributed by atoms with Gasteiger partial charge in [0.1, 0.15) is 17.9 Å². The van der Waals surface area contributed by atoms with Crippen LogP contribution in [-0.2, 0) is 20.7 Å². The van der Waals surface area contributed by atoms with Crippen molar-refractivity contribution in [2.45, 2.75) is 50.6 Å². The molecular weight excluding hydrogens is 391 g/mol. The van der Waals surface area contributed by atoms with E-state index < -0.39 is 24.3 Å². The molecule has 0 radical (unpaired) electrons. The third-order valence-corrected chi connectivity index (χ3v) is 4.72. The molecule has 1 aliphatic carbocycles. The number of ether oxygens (including phenoxy) is 2. The molecule has 2 unspecified atom stereocenters. The lowest BCUT2D eigenvalue weighted by Gasteiger charge is -2.19. The average molecular weight is 411 g/mol. The normalized spacial score (nSPS) is 16.2. The Labute approximate surface area is 164 Å². The second-order valence-corrected chi connectivity index (χ2v) is 6.91. The van der Waals surface area contributed by atoms with E-state index >= 15 is 0 Å². The quantitative estimate of drug-likeness (QED) is 0.614. The van der Waals surface area contributed by atoms with Crippen molar-refractivity contribution in [1.29, 1.82) is 0 Å². The number of Topliss-reactive ketones (excluding diaryl/α,β-unsaturated/α-hetero) is 1. The molecule has 2 aromatic rings. The van der Waals surface area contributed by atoms with Gasteiger partial charge in [0.15, 0.2) is 5.78 Å². The average Bonchev–Trinajstić information content (AvgIpc) is 3.40. The Morgan fingerprint density at radius 1 is 1.41 bits per heavy atom. The fourth-order valence-corrected chi connectivity index (χ4v) is 3.18. The molecule has 0 saturated heterocycles. The lowest BCUT2D eigenvalue weighted by molar-refractivity contribution is -0.274. The van der Waals surface area contributed by atoms with Crippen LogP contribution in [0.5, 0.6) is 5.75 Å². The van der Waals surface area contributed by atoms with Gasteiger partial charge < -0.3 is 15.2 Å². The van der Waals surface area contributed by atoms with E-state index in [-0.39, 0.29) is 24.6 Å². The van der Waals surface area contributed by atoms with Crippen LogP contribution in [0.4, 0.5) is 13.2 Å². The van der Waals surface area contributed by atoms with E-state index in [4.69, 9.17) is 10.5 Å². The molecule has 1 heterocycles. The Morgan fingerprint density at radius 2 is 2.14 bits per heavy atom. The summed E-state index contributed by atoms with van der Waals surface area (Å²) in [5, 5.41) is 7.10. The largest absolute Gasteiger partial charge is 0.573 e. The van der Waals surface area contributed by atoms with Crippen molar-refractivity contribution in [1.82, 2.24) is 10.2 Å². The smallest absolute Gasteiger partial charge is 0.459 e. The van der Waals surface area contributed by atoms with E-state index in [0.29, 0.717) is 16.8 Å². The fourth-order valence-electron chi connectivity index (χ4n) is 3.18. The van der Waals surface area contributed by atoms with E-state index in [1.54, 1.807) is 0 Å². The molecule has 1 fully saturated rings. The summed E-state index contributed by atoms with van der Waals surface area (Å²) in [6.45, 7) is 1.57. The third-order valence-electron chi connectivity index (χ3n) is 4.72. The summed E-state index contributed by atoms with van der Waals surface area (Å²) in [4.78, 5) is 22.8. The zero-order chi connectivity index (χ0) is 21.2. The number of nitrogens with one attached hydrogen (secondary N) is 1. The van der Waals surface area contributed by atoms with Gasteiger partial charge in [0.05, 0.1) is 5.69 Å². The van der Waals surface area contributed by atoms with Gasteiger partial charge in [-0.05, 0) is 37.5 Å². The molecule has 7 nitrogen and oxygen atoms in total. The Morgan fingerprint density at radius 3 is 2.72 bits per heavy atom. The zero-order valence-corrected chi connectivity index (χ0v) is 15.5. The number of aromatic nitrogens is 2. The Hall–Kier alpha value is -2.88. The van der Waals surface area contributed by atoms with Gasteiger partial charge in [-0.2, -0.15) is 5.10 Å². The van der Waals surface area contributed by atoms with Crippen molar-refractivity contribution in [3.8, 4) is 5.75 Å². The maximum Gasteiger partial charge on any atom is 0.573 e. The molecule has 0 amide bonds. The summed E-state index contributed by atoms with van der Waals surface area (Å²) in [6, 6.07) is 4.25. The number of halogens is 3. The molecule has 29 heavy (non-hydrogen) atoms. The molecule has 156 valence electrons. The van der Waals surface area contributed by atoms with E-state index in [1.807, 2.05) is 0 Å². The topological polar surface area (TPSA) is 107 Å². The number of carbonyl (C=O) groups excluding carboxylic acids is 2. The van der Waals surface area contributed by atoms with Crippen LogP contribution in [0.2, 0.25) is 0 Å². The lowest BCUT2D eigenvalue weighted by Crippen LogP contribution is -2.21. The number of hydrogen-bond donors (Lipinski definition) is 2. The van der Waals surface area contributed by atoms with Gasteiger partial charge >= 0.3 is 6.36 Å². The second-order valence-electron chi connectivity index (χ2n) is 6.91. The molecule has 0 spiro atoms. The fraction of sp³-hybridized carbons (Fsp3) is 0.421. The molecule has 0 aliphatic heterocycles. The first-order valence-corrected chi connectivity index (χ1v) is 8.97. The summed E-state index contributed by atoms with van der Waals surface area (Å²) < 4.78 is 46.7. The number of benzene rings is 1. The van der Waals surface area contributed by atoms with Crippen LogP contribution < -0.4 is 10.5 Å². The molecule has 2 atom stereocenters. The van der Waals surface area contributed by atoms with Crippen molar-refractivity contribution in [3.63, 3.8) is 0 Å². The van der Waals surface area contributed by atoms with Crippen LogP contribution in [0.1, 0.15) is 60.3 Å². The number of nitrogens with two attached hydrogens (primary N) is 1. The summed E-state index contributed by atoms with van der Waals surface area (Å²) in [7, 11) is 0. The number of H-pyrrole nitrogens is 1. The van der Waals surface area contributed by atoms with Gasteiger partial charge in [0, 0.05) is 23.6 Å². The molecule has 10 heteroatoms. The Balaban J connectivity index is 1.94. The van der Waals surface area contributed by atoms with Gasteiger partial charge in [-0.1, -0.05) is 12.1 Å². The van der Waals surface area contributed by atoms with Gasteiger partial charge in [-0.3, -0.25) is 14.7 Å². The van der Waals surface area contributed by atoms with E-state index in [0.717, 1.165) is 30.7 Å². The van der Waals surface area contributed by atoms with Crippen LogP contribution >= 0.6 is 0 Å². The number of hydrogen-bond acceptors (Lipinski definition) is 6. The highest BCUT2D eigenvalue weighted by Crippen LogP contribution is 2.43. The van der Waals surface area contributed by atoms with E-state index in [9.17, 15) is 22.8 Å². The first kappa shape index (κ1) is 20.8. The van der Waals surface area contributed by atoms with Gasteiger partial charge in [-0.25, -0.2) is 0 Å². The molecule has 1 aliphatic rings.